The van der Waals surface area contributed by atoms with Crippen molar-refractivity contribution >= 4 is 33.6 Å². The van der Waals surface area contributed by atoms with Crippen molar-refractivity contribution in [3.05, 3.63) is 64.4 Å². The van der Waals surface area contributed by atoms with E-state index in [2.05, 4.69) is 26.6 Å². The molecule has 7 heteroatoms. The van der Waals surface area contributed by atoms with E-state index in [-0.39, 0.29) is 12.1 Å². The van der Waals surface area contributed by atoms with Crippen molar-refractivity contribution in [1.82, 2.24) is 5.32 Å². The fraction of sp³-hybridized carbons (Fsp3) is 0.300. The molecule has 0 aromatic heterocycles. The van der Waals surface area contributed by atoms with E-state index in [9.17, 15) is 14.0 Å². The summed E-state index contributed by atoms with van der Waals surface area (Å²) >= 11 is 3.16. The van der Waals surface area contributed by atoms with E-state index in [4.69, 9.17) is 4.74 Å². The number of hydrogen-bond donors (Lipinski definition) is 2. The molecule has 0 bridgehead atoms. The first kappa shape index (κ1) is 20.9. The Morgan fingerprint density at radius 1 is 1.15 bits per heavy atom. The molecular weight excluding hydrogens is 415 g/mol. The van der Waals surface area contributed by atoms with Crippen LogP contribution in [0.2, 0.25) is 0 Å². The van der Waals surface area contributed by atoms with Crippen LogP contribution in [0, 0.1) is 5.82 Å². The largest absolute Gasteiger partial charge is 0.458 e. The molecule has 5 nitrogen and oxygen atoms in total. The van der Waals surface area contributed by atoms with E-state index in [0.717, 1.165) is 5.56 Å². The number of esters is 1. The highest BCUT2D eigenvalue weighted by Crippen LogP contribution is 2.19. The summed E-state index contributed by atoms with van der Waals surface area (Å²) in [6.45, 7) is 5.26. The molecular formula is C20H22BrFN2O3. The van der Waals surface area contributed by atoms with E-state index in [0.29, 0.717) is 4.47 Å². The summed E-state index contributed by atoms with van der Waals surface area (Å²) in [6, 6.07) is 11.9. The van der Waals surface area contributed by atoms with Gasteiger partial charge in [-0.25, -0.2) is 14.0 Å². The summed E-state index contributed by atoms with van der Waals surface area (Å²) < 4.78 is 19.9. The molecule has 2 amide bonds. The predicted octanol–water partition coefficient (Wildman–Crippen LogP) is 4.66. The number of carbonyl (C=O) groups excluding carboxylic acids is 2. The smallest absolute Gasteiger partial charge is 0.329 e. The standard InChI is InChI=1S/C20H22BrFN2O3/c1-20(2,3)27-18(25)17(11-13-7-5-4-6-8-13)24-19(26)23-16-10-9-14(21)12-15(16)22/h4-10,12,17H,11H2,1-3H3,(H2,23,24,26)/t17-/m1/s1. The number of halogens is 2. The topological polar surface area (TPSA) is 67.4 Å². The van der Waals surface area contributed by atoms with E-state index in [1.165, 1.54) is 12.1 Å². The van der Waals surface area contributed by atoms with Crippen LogP contribution in [0.4, 0.5) is 14.9 Å². The van der Waals surface area contributed by atoms with Crippen molar-refractivity contribution in [3.8, 4) is 0 Å². The van der Waals surface area contributed by atoms with Gasteiger partial charge in [0.05, 0.1) is 5.69 Å². The van der Waals surface area contributed by atoms with Gasteiger partial charge in [0.25, 0.3) is 0 Å². The van der Waals surface area contributed by atoms with Gasteiger partial charge in [-0.1, -0.05) is 46.3 Å². The van der Waals surface area contributed by atoms with Gasteiger partial charge in [0.1, 0.15) is 17.5 Å². The molecule has 0 spiro atoms. The highest BCUT2D eigenvalue weighted by molar-refractivity contribution is 9.10. The van der Waals surface area contributed by atoms with Crippen LogP contribution in [0.1, 0.15) is 26.3 Å². The Labute approximate surface area is 166 Å². The number of amides is 2. The molecule has 1 atom stereocenters. The van der Waals surface area contributed by atoms with Crippen molar-refractivity contribution < 1.29 is 18.7 Å². The molecule has 0 fully saturated rings. The van der Waals surface area contributed by atoms with Gasteiger partial charge in [-0.3, -0.25) is 0 Å². The van der Waals surface area contributed by atoms with E-state index < -0.39 is 29.5 Å². The number of ether oxygens (including phenoxy) is 1. The van der Waals surface area contributed by atoms with Gasteiger partial charge in [0.15, 0.2) is 0 Å². The summed E-state index contributed by atoms with van der Waals surface area (Å²) in [7, 11) is 0. The van der Waals surface area contributed by atoms with Crippen molar-refractivity contribution in [2.24, 2.45) is 0 Å². The van der Waals surface area contributed by atoms with E-state index in [1.807, 2.05) is 30.3 Å². The molecule has 144 valence electrons. The normalized spacial score (nSPS) is 12.2. The van der Waals surface area contributed by atoms with Gasteiger partial charge >= 0.3 is 12.0 Å². The molecule has 2 N–H and O–H groups in total. The highest BCUT2D eigenvalue weighted by Gasteiger charge is 2.27. The van der Waals surface area contributed by atoms with Crippen molar-refractivity contribution in [2.45, 2.75) is 38.8 Å². The van der Waals surface area contributed by atoms with Gasteiger partial charge in [-0.2, -0.15) is 0 Å². The van der Waals surface area contributed by atoms with E-state index >= 15 is 0 Å². The lowest BCUT2D eigenvalue weighted by molar-refractivity contribution is -0.157. The van der Waals surface area contributed by atoms with Crippen LogP contribution < -0.4 is 10.6 Å². The van der Waals surface area contributed by atoms with Crippen molar-refractivity contribution in [2.75, 3.05) is 5.32 Å². The Kier molecular flexibility index (Phi) is 6.96. The van der Waals surface area contributed by atoms with E-state index in [1.54, 1.807) is 26.8 Å². The quantitative estimate of drug-likeness (QED) is 0.669. The number of hydrogen-bond acceptors (Lipinski definition) is 3. The third-order valence-electron chi connectivity index (χ3n) is 3.46. The maximum Gasteiger partial charge on any atom is 0.329 e. The van der Waals surface area contributed by atoms with Crippen molar-refractivity contribution in [3.63, 3.8) is 0 Å². The minimum absolute atomic E-state index is 0.0124. The van der Waals surface area contributed by atoms with Crippen LogP contribution >= 0.6 is 15.9 Å². The lowest BCUT2D eigenvalue weighted by Gasteiger charge is -2.24. The molecule has 2 aromatic rings. The van der Waals surface area contributed by atoms with Gasteiger partial charge in [-0.15, -0.1) is 0 Å². The first-order valence-electron chi connectivity index (χ1n) is 8.43. The molecule has 0 unspecified atom stereocenters. The Bertz CT molecular complexity index is 807. The molecule has 0 heterocycles. The molecule has 2 aromatic carbocycles. The Morgan fingerprint density at radius 3 is 2.41 bits per heavy atom. The third kappa shape index (κ3) is 7.02. The first-order valence-corrected chi connectivity index (χ1v) is 9.23. The molecule has 0 saturated carbocycles. The average Bonchev–Trinajstić information content (AvgIpc) is 2.56. The molecule has 0 aliphatic carbocycles. The maximum absolute atomic E-state index is 13.9. The summed E-state index contributed by atoms with van der Waals surface area (Å²) in [5.74, 6) is -1.14. The fourth-order valence-electron chi connectivity index (χ4n) is 2.32. The Morgan fingerprint density at radius 2 is 1.81 bits per heavy atom. The fourth-order valence-corrected chi connectivity index (χ4v) is 2.66. The van der Waals surface area contributed by atoms with Crippen LogP contribution in [0.3, 0.4) is 0 Å². The van der Waals surface area contributed by atoms with Gasteiger partial charge in [-0.05, 0) is 44.5 Å². The van der Waals surface area contributed by atoms with Gasteiger partial charge in [0.2, 0.25) is 0 Å². The summed E-state index contributed by atoms with van der Waals surface area (Å²) in [4.78, 5) is 24.8. The zero-order valence-electron chi connectivity index (χ0n) is 15.4. The monoisotopic (exact) mass is 436 g/mol. The molecule has 2 rings (SSSR count). The number of urea groups is 1. The second-order valence-electron chi connectivity index (χ2n) is 7.00. The molecule has 0 radical (unpaired) electrons. The van der Waals surface area contributed by atoms with Crippen LogP contribution in [-0.2, 0) is 16.0 Å². The number of carbonyl (C=O) groups is 2. The van der Waals surface area contributed by atoms with Crippen molar-refractivity contribution in [1.29, 1.82) is 0 Å². The summed E-state index contributed by atoms with van der Waals surface area (Å²) in [5.41, 5.74) is 0.184. The van der Waals surface area contributed by atoms with Crippen LogP contribution in [-0.4, -0.2) is 23.6 Å². The zero-order chi connectivity index (χ0) is 20.0. The highest BCUT2D eigenvalue weighted by atomic mass is 79.9. The predicted molar refractivity (Wildman–Crippen MR) is 106 cm³/mol. The molecule has 27 heavy (non-hydrogen) atoms. The molecule has 0 saturated heterocycles. The maximum atomic E-state index is 13.9. The second-order valence-corrected chi connectivity index (χ2v) is 7.91. The first-order chi connectivity index (χ1) is 12.6. The van der Waals surface area contributed by atoms with Gasteiger partial charge in [0, 0.05) is 10.9 Å². The average molecular weight is 437 g/mol. The second kappa shape index (κ2) is 8.99. The number of rotatable bonds is 5. The summed E-state index contributed by atoms with van der Waals surface area (Å²) in [5, 5.41) is 4.99. The number of benzene rings is 2. The number of anilines is 1. The van der Waals surface area contributed by atoms with Crippen LogP contribution in [0.5, 0.6) is 0 Å². The lowest BCUT2D eigenvalue weighted by atomic mass is 10.1. The molecule has 0 aliphatic heterocycles. The van der Waals surface area contributed by atoms with Crippen LogP contribution in [0.15, 0.2) is 53.0 Å². The van der Waals surface area contributed by atoms with Gasteiger partial charge < -0.3 is 15.4 Å². The third-order valence-corrected chi connectivity index (χ3v) is 3.95. The summed E-state index contributed by atoms with van der Waals surface area (Å²) in [6.07, 6.45) is 0.256. The van der Waals surface area contributed by atoms with Crippen LogP contribution in [0.25, 0.3) is 0 Å². The minimum atomic E-state index is -0.912. The Balaban J connectivity index is 2.12. The Hall–Kier alpha value is -2.41. The minimum Gasteiger partial charge on any atom is -0.458 e. The lowest BCUT2D eigenvalue weighted by Crippen LogP contribution is -2.47. The molecule has 0 aliphatic rings. The number of nitrogens with one attached hydrogen (secondary N) is 2. The SMILES string of the molecule is CC(C)(C)OC(=O)[C@@H](Cc1ccccc1)NC(=O)Nc1ccc(Br)cc1F. The zero-order valence-corrected chi connectivity index (χ0v) is 17.0.